The quantitative estimate of drug-likeness (QED) is 0.585. The predicted molar refractivity (Wildman–Crippen MR) is 70.2 cm³/mol. The average Bonchev–Trinajstić information content (AvgIpc) is 2.86. The molecule has 8 nitrogen and oxygen atoms in total. The molecular formula is C13H22N4O4. The molecule has 0 aromatic heterocycles. The van der Waals surface area contributed by atoms with Gasteiger partial charge >= 0.3 is 0 Å². The molecule has 2 rings (SSSR count). The van der Waals surface area contributed by atoms with Crippen LogP contribution in [0.15, 0.2) is 5.10 Å². The smallest absolute Gasteiger partial charge is 0.285 e. The molecule has 0 aromatic rings. The third-order valence-corrected chi connectivity index (χ3v) is 5.13. The summed E-state index contributed by atoms with van der Waals surface area (Å²) in [6, 6.07) is -0.530. The number of likely N-dealkylation sites (tertiary alicyclic amines) is 1. The van der Waals surface area contributed by atoms with Gasteiger partial charge < -0.3 is 25.5 Å². The minimum absolute atomic E-state index is 0.114. The Hall–Kier alpha value is -1.67. The van der Waals surface area contributed by atoms with E-state index in [-0.39, 0.29) is 35.9 Å². The molecule has 4 unspecified atom stereocenters. The molecule has 2 aliphatic rings. The SMILES string of the molecule is CC[N+]1(C(=O)[O-])N=C(N)C2C[N+](C(=O)[O-])(C(C)(C)C)CC21. The number of carbonyl (C=O) groups excluding carboxylic acids is 2. The summed E-state index contributed by atoms with van der Waals surface area (Å²) in [5.74, 6) is -0.198. The zero-order chi connectivity index (χ0) is 16.2. The normalized spacial score (nSPS) is 39.0. The van der Waals surface area contributed by atoms with Gasteiger partial charge in [0.05, 0.1) is 5.54 Å². The highest BCUT2D eigenvalue weighted by Crippen LogP contribution is 2.42. The zero-order valence-corrected chi connectivity index (χ0v) is 12.8. The van der Waals surface area contributed by atoms with Crippen LogP contribution in [-0.4, -0.2) is 58.3 Å². The maximum atomic E-state index is 11.8. The van der Waals surface area contributed by atoms with E-state index in [4.69, 9.17) is 5.73 Å². The molecule has 2 heterocycles. The monoisotopic (exact) mass is 298 g/mol. The van der Waals surface area contributed by atoms with Crippen LogP contribution in [0.5, 0.6) is 0 Å². The van der Waals surface area contributed by atoms with Crippen molar-refractivity contribution in [1.29, 1.82) is 0 Å². The number of rotatable bonds is 1. The molecule has 0 saturated carbocycles. The van der Waals surface area contributed by atoms with Crippen LogP contribution in [0.3, 0.4) is 0 Å². The molecule has 2 amide bonds. The third kappa shape index (κ3) is 1.86. The first kappa shape index (κ1) is 15.7. The first-order chi connectivity index (χ1) is 9.52. The van der Waals surface area contributed by atoms with Gasteiger partial charge in [0.25, 0.3) is 12.2 Å². The topological polar surface area (TPSA) is 119 Å². The van der Waals surface area contributed by atoms with Crippen molar-refractivity contribution in [3.8, 4) is 0 Å². The number of hydrogen-bond acceptors (Lipinski definition) is 6. The maximum absolute atomic E-state index is 11.8. The number of carbonyl (C=O) groups is 2. The molecule has 1 saturated heterocycles. The Kier molecular flexibility index (Phi) is 3.30. The molecule has 0 aromatic carbocycles. The maximum Gasteiger partial charge on any atom is 0.285 e. The summed E-state index contributed by atoms with van der Waals surface area (Å²) < 4.78 is -0.980. The summed E-state index contributed by atoms with van der Waals surface area (Å²) in [7, 11) is 0. The highest BCUT2D eigenvalue weighted by Gasteiger charge is 2.65. The Balaban J connectivity index is 2.52. The molecule has 2 N–H and O–H groups in total. The van der Waals surface area contributed by atoms with Crippen LogP contribution >= 0.6 is 0 Å². The van der Waals surface area contributed by atoms with E-state index in [9.17, 15) is 19.8 Å². The lowest BCUT2D eigenvalue weighted by molar-refractivity contribution is -0.945. The van der Waals surface area contributed by atoms with E-state index >= 15 is 0 Å². The molecule has 21 heavy (non-hydrogen) atoms. The van der Waals surface area contributed by atoms with Crippen molar-refractivity contribution in [2.24, 2.45) is 16.8 Å². The fraction of sp³-hybridized carbons (Fsp3) is 0.769. The highest BCUT2D eigenvalue weighted by molar-refractivity contribution is 5.85. The van der Waals surface area contributed by atoms with Gasteiger partial charge in [0.2, 0.25) is 0 Å². The van der Waals surface area contributed by atoms with Crippen molar-refractivity contribution >= 4 is 18.0 Å². The third-order valence-electron chi connectivity index (χ3n) is 5.13. The lowest BCUT2D eigenvalue weighted by Crippen LogP contribution is -2.69. The Morgan fingerprint density at radius 3 is 2.24 bits per heavy atom. The summed E-state index contributed by atoms with van der Waals surface area (Å²) in [5, 5.41) is 27.5. The lowest BCUT2D eigenvalue weighted by atomic mass is 10.0. The number of carboxylic acid groups (broad SMARTS) is 2. The first-order valence-electron chi connectivity index (χ1n) is 7.05. The van der Waals surface area contributed by atoms with E-state index in [2.05, 4.69) is 5.10 Å². The van der Waals surface area contributed by atoms with Gasteiger partial charge in [-0.3, -0.25) is 4.48 Å². The van der Waals surface area contributed by atoms with Crippen molar-refractivity contribution < 1.29 is 28.9 Å². The zero-order valence-electron chi connectivity index (χ0n) is 12.8. The van der Waals surface area contributed by atoms with Crippen LogP contribution in [0, 0.1) is 5.92 Å². The van der Waals surface area contributed by atoms with Crippen molar-refractivity contribution in [3.63, 3.8) is 0 Å². The fourth-order valence-electron chi connectivity index (χ4n) is 3.64. The minimum Gasteiger partial charge on any atom is -0.498 e. The number of amides is 2. The van der Waals surface area contributed by atoms with Crippen LogP contribution in [-0.2, 0) is 0 Å². The van der Waals surface area contributed by atoms with E-state index in [0.29, 0.717) is 0 Å². The van der Waals surface area contributed by atoms with Crippen LogP contribution in [0.25, 0.3) is 0 Å². The second-order valence-corrected chi connectivity index (χ2v) is 6.88. The molecule has 2 aliphatic heterocycles. The van der Waals surface area contributed by atoms with E-state index in [1.54, 1.807) is 27.7 Å². The average molecular weight is 298 g/mol. The summed E-state index contributed by atoms with van der Waals surface area (Å²) in [6.07, 6.45) is -2.56. The standard InChI is InChI=1S/C13H22N4O4/c1-5-17(12(20)21)9-7-16(11(18)19,13(2,3)4)6-8(9)10(14)15-17/h8-9H,5-7H2,1-4H3,(H2-2,14,15,18,19,20,21). The fourth-order valence-corrected chi connectivity index (χ4v) is 3.64. The van der Waals surface area contributed by atoms with E-state index in [1.165, 1.54) is 0 Å². The first-order valence-corrected chi connectivity index (χ1v) is 7.05. The predicted octanol–water partition coefficient (Wildman–Crippen LogP) is -1.59. The number of nitrogens with zero attached hydrogens (tertiary/aromatic N) is 3. The van der Waals surface area contributed by atoms with E-state index in [0.717, 1.165) is 0 Å². The number of quaternary nitrogens is 2. The second kappa shape index (κ2) is 4.41. The second-order valence-electron chi connectivity index (χ2n) is 6.88. The van der Waals surface area contributed by atoms with Gasteiger partial charge in [0.1, 0.15) is 25.6 Å². The lowest BCUT2D eigenvalue weighted by Gasteiger charge is -2.45. The van der Waals surface area contributed by atoms with Gasteiger partial charge in [-0.05, 0) is 27.7 Å². The molecule has 118 valence electrons. The van der Waals surface area contributed by atoms with Gasteiger partial charge in [-0.2, -0.15) is 0 Å². The molecule has 8 heteroatoms. The van der Waals surface area contributed by atoms with Crippen molar-refractivity contribution in [1.82, 2.24) is 0 Å². The van der Waals surface area contributed by atoms with Crippen LogP contribution in [0.2, 0.25) is 0 Å². The molecule has 0 bridgehead atoms. The van der Waals surface area contributed by atoms with Crippen molar-refractivity contribution in [3.05, 3.63) is 0 Å². The molecule has 0 radical (unpaired) electrons. The number of nitrogens with two attached hydrogens (primary N) is 1. The van der Waals surface area contributed by atoms with Crippen LogP contribution in [0.1, 0.15) is 27.7 Å². The Bertz CT molecular complexity index is 527. The summed E-state index contributed by atoms with van der Waals surface area (Å²) in [5.41, 5.74) is 5.27. The summed E-state index contributed by atoms with van der Waals surface area (Å²) >= 11 is 0. The van der Waals surface area contributed by atoms with Gasteiger partial charge in [0, 0.05) is 0 Å². The highest BCUT2D eigenvalue weighted by atomic mass is 16.4. The number of likely N-dealkylation sites (N-methyl/N-ethyl adjacent to an activating group) is 1. The van der Waals surface area contributed by atoms with Gasteiger partial charge in [-0.15, -0.1) is 4.59 Å². The molecular weight excluding hydrogens is 276 g/mol. The number of amidine groups is 1. The Morgan fingerprint density at radius 2 is 1.86 bits per heavy atom. The largest absolute Gasteiger partial charge is 0.498 e. The molecule has 0 aliphatic carbocycles. The van der Waals surface area contributed by atoms with Crippen molar-refractivity contribution in [2.45, 2.75) is 39.3 Å². The Morgan fingerprint density at radius 1 is 1.29 bits per heavy atom. The summed E-state index contributed by atoms with van der Waals surface area (Å²) in [4.78, 5) is 23.4. The van der Waals surface area contributed by atoms with Gasteiger partial charge in [0.15, 0.2) is 11.9 Å². The van der Waals surface area contributed by atoms with Crippen LogP contribution in [0.4, 0.5) is 9.59 Å². The van der Waals surface area contributed by atoms with E-state index < -0.39 is 28.4 Å². The van der Waals surface area contributed by atoms with E-state index in [1.807, 2.05) is 0 Å². The molecule has 0 spiro atoms. The number of fused-ring (bicyclic) bond motifs is 1. The van der Waals surface area contributed by atoms with Crippen molar-refractivity contribution in [2.75, 3.05) is 19.6 Å². The van der Waals surface area contributed by atoms with Crippen LogP contribution < -0.4 is 15.9 Å². The molecule has 4 atom stereocenters. The van der Waals surface area contributed by atoms with Gasteiger partial charge in [-0.1, -0.05) is 5.10 Å². The Labute approximate surface area is 123 Å². The van der Waals surface area contributed by atoms with Gasteiger partial charge in [-0.25, -0.2) is 0 Å². The molecule has 1 fully saturated rings. The number of hydrogen-bond donors (Lipinski definition) is 1. The minimum atomic E-state index is -1.35. The summed E-state index contributed by atoms with van der Waals surface area (Å²) in [6.45, 7) is 7.56.